The van der Waals surface area contributed by atoms with Crippen LogP contribution in [-0.4, -0.2) is 67.7 Å². The summed E-state index contributed by atoms with van der Waals surface area (Å²) in [6.07, 6.45) is 0.620. The first-order valence-electron chi connectivity index (χ1n) is 8.58. The quantitative estimate of drug-likeness (QED) is 0.851. The molecule has 2 heterocycles. The molecule has 126 valence electrons. The molecular weight excluding hydrogens is 290 g/mol. The summed E-state index contributed by atoms with van der Waals surface area (Å²) in [5.41, 5.74) is 2.61. The van der Waals surface area contributed by atoms with E-state index in [0.717, 1.165) is 52.5 Å². The molecule has 5 heteroatoms. The van der Waals surface area contributed by atoms with Crippen LogP contribution in [0.15, 0.2) is 24.3 Å². The molecule has 1 aromatic rings. The van der Waals surface area contributed by atoms with Crippen molar-refractivity contribution in [1.29, 1.82) is 0 Å². The number of aryl methyl sites for hydroxylation is 1. The number of rotatable bonds is 6. The van der Waals surface area contributed by atoms with E-state index in [9.17, 15) is 4.79 Å². The molecule has 0 bridgehead atoms. The van der Waals surface area contributed by atoms with Crippen molar-refractivity contribution in [3.63, 3.8) is 0 Å². The van der Waals surface area contributed by atoms with Gasteiger partial charge in [0.1, 0.15) is 0 Å². The van der Waals surface area contributed by atoms with Crippen molar-refractivity contribution in [2.24, 2.45) is 0 Å². The average Bonchev–Trinajstić information content (AvgIpc) is 2.93. The first-order valence-corrected chi connectivity index (χ1v) is 8.58. The Morgan fingerprint density at radius 3 is 2.78 bits per heavy atom. The van der Waals surface area contributed by atoms with Gasteiger partial charge in [-0.15, -0.1) is 0 Å². The highest BCUT2D eigenvalue weighted by Gasteiger charge is 2.29. The van der Waals surface area contributed by atoms with Gasteiger partial charge < -0.3 is 15.0 Å². The lowest BCUT2D eigenvalue weighted by molar-refractivity contribution is -0.128. The molecule has 1 unspecified atom stereocenters. The van der Waals surface area contributed by atoms with E-state index >= 15 is 0 Å². The zero-order chi connectivity index (χ0) is 16.1. The maximum absolute atomic E-state index is 12.2. The predicted molar refractivity (Wildman–Crippen MR) is 90.3 cm³/mol. The Kier molecular flexibility index (Phi) is 5.65. The van der Waals surface area contributed by atoms with Gasteiger partial charge >= 0.3 is 0 Å². The number of hydrogen-bond donors (Lipinski definition) is 1. The van der Waals surface area contributed by atoms with Crippen LogP contribution >= 0.6 is 0 Å². The second kappa shape index (κ2) is 7.90. The zero-order valence-corrected chi connectivity index (χ0v) is 14.0. The van der Waals surface area contributed by atoms with Gasteiger partial charge in [0.2, 0.25) is 5.91 Å². The normalized spacial score (nSPS) is 22.7. The number of benzene rings is 1. The number of amides is 1. The summed E-state index contributed by atoms with van der Waals surface area (Å²) in [4.78, 5) is 16.6. The van der Waals surface area contributed by atoms with Crippen molar-refractivity contribution in [1.82, 2.24) is 15.1 Å². The fourth-order valence-corrected chi connectivity index (χ4v) is 3.27. The number of nitrogens with one attached hydrogen (secondary N) is 1. The molecule has 2 fully saturated rings. The molecule has 2 aliphatic heterocycles. The number of carbonyl (C=O) groups is 1. The van der Waals surface area contributed by atoms with Crippen LogP contribution in [0.4, 0.5) is 0 Å². The highest BCUT2D eigenvalue weighted by molar-refractivity contribution is 5.79. The Morgan fingerprint density at radius 2 is 2.00 bits per heavy atom. The van der Waals surface area contributed by atoms with Crippen LogP contribution in [0.25, 0.3) is 0 Å². The molecule has 0 radical (unpaired) electrons. The first kappa shape index (κ1) is 16.4. The van der Waals surface area contributed by atoms with Gasteiger partial charge in [0.15, 0.2) is 0 Å². The summed E-state index contributed by atoms with van der Waals surface area (Å²) in [6, 6.07) is 8.68. The topological polar surface area (TPSA) is 44.8 Å². The van der Waals surface area contributed by atoms with Crippen LogP contribution in [0.5, 0.6) is 0 Å². The molecule has 2 saturated heterocycles. The molecule has 0 aromatic heterocycles. The van der Waals surface area contributed by atoms with E-state index in [4.69, 9.17) is 4.74 Å². The second-order valence-corrected chi connectivity index (χ2v) is 6.50. The van der Waals surface area contributed by atoms with E-state index in [-0.39, 0.29) is 11.9 Å². The van der Waals surface area contributed by atoms with Gasteiger partial charge in [-0.1, -0.05) is 24.3 Å². The van der Waals surface area contributed by atoms with Crippen molar-refractivity contribution in [2.75, 3.05) is 45.9 Å². The third-order valence-electron chi connectivity index (χ3n) is 4.85. The highest BCUT2D eigenvalue weighted by atomic mass is 16.5. The standard InChI is InChI=1S/C18H27N3O2/c1-15-4-2-3-5-16(15)13-19-17-12-18(22)21(14-17)7-6-20-8-10-23-11-9-20/h2-5,17,19H,6-14H2,1H3. The molecule has 3 rings (SSSR count). The lowest BCUT2D eigenvalue weighted by atomic mass is 10.1. The summed E-state index contributed by atoms with van der Waals surface area (Å²) < 4.78 is 5.36. The second-order valence-electron chi connectivity index (χ2n) is 6.50. The van der Waals surface area contributed by atoms with Crippen molar-refractivity contribution in [2.45, 2.75) is 25.9 Å². The Balaban J connectivity index is 1.43. The molecule has 0 saturated carbocycles. The minimum absolute atomic E-state index is 0.270. The Bertz CT molecular complexity index is 529. The molecule has 1 N–H and O–H groups in total. The summed E-state index contributed by atoms with van der Waals surface area (Å²) in [5, 5.41) is 3.54. The van der Waals surface area contributed by atoms with E-state index in [2.05, 4.69) is 41.4 Å². The Labute approximate surface area is 138 Å². The van der Waals surface area contributed by atoms with Crippen LogP contribution in [0.2, 0.25) is 0 Å². The van der Waals surface area contributed by atoms with Gasteiger partial charge in [-0.2, -0.15) is 0 Å². The zero-order valence-electron chi connectivity index (χ0n) is 14.0. The van der Waals surface area contributed by atoms with Crippen LogP contribution in [0, 0.1) is 6.92 Å². The van der Waals surface area contributed by atoms with E-state index in [1.165, 1.54) is 11.1 Å². The minimum atomic E-state index is 0.270. The molecule has 0 spiro atoms. The smallest absolute Gasteiger partial charge is 0.224 e. The van der Waals surface area contributed by atoms with E-state index in [0.29, 0.717) is 6.42 Å². The lowest BCUT2D eigenvalue weighted by Crippen LogP contribution is -2.42. The van der Waals surface area contributed by atoms with E-state index in [1.807, 2.05) is 4.90 Å². The van der Waals surface area contributed by atoms with E-state index in [1.54, 1.807) is 0 Å². The molecule has 1 atom stereocenters. The molecule has 5 nitrogen and oxygen atoms in total. The monoisotopic (exact) mass is 317 g/mol. The van der Waals surface area contributed by atoms with Gasteiger partial charge in [-0.05, 0) is 18.1 Å². The third kappa shape index (κ3) is 4.53. The van der Waals surface area contributed by atoms with Gasteiger partial charge in [0, 0.05) is 51.7 Å². The number of carbonyl (C=O) groups excluding carboxylic acids is 1. The largest absolute Gasteiger partial charge is 0.379 e. The SMILES string of the molecule is Cc1ccccc1CNC1CC(=O)N(CCN2CCOCC2)C1. The van der Waals surface area contributed by atoms with Crippen molar-refractivity contribution < 1.29 is 9.53 Å². The number of nitrogens with zero attached hydrogens (tertiary/aromatic N) is 2. The molecule has 1 amide bonds. The van der Waals surface area contributed by atoms with Gasteiger partial charge in [-0.25, -0.2) is 0 Å². The Morgan fingerprint density at radius 1 is 1.22 bits per heavy atom. The van der Waals surface area contributed by atoms with Crippen molar-refractivity contribution in [3.8, 4) is 0 Å². The van der Waals surface area contributed by atoms with E-state index < -0.39 is 0 Å². The first-order chi connectivity index (χ1) is 11.2. The molecule has 2 aliphatic rings. The number of ether oxygens (including phenoxy) is 1. The summed E-state index contributed by atoms with van der Waals surface area (Å²) in [6.45, 7) is 9.18. The minimum Gasteiger partial charge on any atom is -0.379 e. The third-order valence-corrected chi connectivity index (χ3v) is 4.85. The lowest BCUT2D eigenvalue weighted by Gasteiger charge is -2.28. The maximum Gasteiger partial charge on any atom is 0.224 e. The molecule has 1 aromatic carbocycles. The summed E-state index contributed by atoms with van der Waals surface area (Å²) in [7, 11) is 0. The molecule has 0 aliphatic carbocycles. The van der Waals surface area contributed by atoms with Crippen LogP contribution in [0.3, 0.4) is 0 Å². The van der Waals surface area contributed by atoms with Gasteiger partial charge in [0.25, 0.3) is 0 Å². The Hall–Kier alpha value is -1.43. The number of morpholine rings is 1. The van der Waals surface area contributed by atoms with Gasteiger partial charge in [0.05, 0.1) is 13.2 Å². The molecule has 23 heavy (non-hydrogen) atoms. The van der Waals surface area contributed by atoms with Crippen LogP contribution in [-0.2, 0) is 16.1 Å². The number of likely N-dealkylation sites (tertiary alicyclic amines) is 1. The van der Waals surface area contributed by atoms with Crippen LogP contribution in [0.1, 0.15) is 17.5 Å². The molecular formula is C18H27N3O2. The van der Waals surface area contributed by atoms with Crippen molar-refractivity contribution in [3.05, 3.63) is 35.4 Å². The summed E-state index contributed by atoms with van der Waals surface area (Å²) in [5.74, 6) is 0.278. The maximum atomic E-state index is 12.2. The fraction of sp³-hybridized carbons (Fsp3) is 0.611. The predicted octanol–water partition coefficient (Wildman–Crippen LogP) is 1.02. The number of hydrogen-bond acceptors (Lipinski definition) is 4. The van der Waals surface area contributed by atoms with Gasteiger partial charge in [-0.3, -0.25) is 9.69 Å². The summed E-state index contributed by atoms with van der Waals surface area (Å²) >= 11 is 0. The fourth-order valence-electron chi connectivity index (χ4n) is 3.27. The highest BCUT2D eigenvalue weighted by Crippen LogP contribution is 2.13. The van der Waals surface area contributed by atoms with Crippen molar-refractivity contribution >= 4 is 5.91 Å². The average molecular weight is 317 g/mol. The van der Waals surface area contributed by atoms with Crippen LogP contribution < -0.4 is 5.32 Å².